The minimum Gasteiger partial charge on any atom is -0.466 e. The molecule has 0 saturated heterocycles. The summed E-state index contributed by atoms with van der Waals surface area (Å²) >= 11 is 0. The SMILES string of the molecule is CC(=O)OCc1ccco1.CC(=O)c1ccco1.CC(C)C(=O)c1ccco1.CCC(=O)CC.CCCC(=O)c1ccco1.CCCCCCCCCCC(C)=O.CCOC(=O)c1ccco1. The summed E-state index contributed by atoms with van der Waals surface area (Å²) in [6.45, 7) is 18.5. The normalized spacial score (nSPS) is 9.60. The second kappa shape index (κ2) is 42.3. The molecule has 0 amide bonds. The molecule has 14 heteroatoms. The van der Waals surface area contributed by atoms with E-state index in [1.165, 1.54) is 83.8 Å². The van der Waals surface area contributed by atoms with Crippen molar-refractivity contribution in [3.05, 3.63) is 121 Å². The van der Waals surface area contributed by atoms with Crippen LogP contribution in [0.3, 0.4) is 0 Å². The molecular formula is C53H76O14. The molecule has 0 aliphatic rings. The van der Waals surface area contributed by atoms with E-state index in [9.17, 15) is 33.6 Å². The standard InChI is InChI=1S/C12H24O.2C8H10O2.2C7H8O3.C6H6O2.C5H10O/c1-3-4-5-6-7-8-9-10-11-12(2)13;1-6(2)8(9)7-4-3-5-10-7;1-2-4-7(9)8-5-3-6-10-8;1-6(8)10-5-7-3-2-4-9-7;1-2-9-7(8)6-4-3-5-10-6;1-5(7)6-3-2-4-8-6;1-3-5(6)4-2/h3-11H2,1-2H3;3-6H,1-2H3;3,5-6H,2,4H2,1H3;2-4H,5H2,1H3;3-5H,2H2,1H3;2-4H,1H3;3-4H2,1-2H3. The highest BCUT2D eigenvalue weighted by molar-refractivity contribution is 5.95. The van der Waals surface area contributed by atoms with Gasteiger partial charge < -0.3 is 36.4 Å². The van der Waals surface area contributed by atoms with Gasteiger partial charge in [-0.2, -0.15) is 0 Å². The number of esters is 2. The van der Waals surface area contributed by atoms with Crippen molar-refractivity contribution in [2.75, 3.05) is 6.61 Å². The van der Waals surface area contributed by atoms with E-state index in [0.717, 1.165) is 19.3 Å². The van der Waals surface area contributed by atoms with E-state index in [0.29, 0.717) is 60.5 Å². The number of ether oxygens (including phenoxy) is 2. The molecule has 0 spiro atoms. The van der Waals surface area contributed by atoms with Crippen molar-refractivity contribution in [2.45, 2.75) is 159 Å². The summed E-state index contributed by atoms with van der Waals surface area (Å²) in [4.78, 5) is 74.4. The third-order valence-electron chi connectivity index (χ3n) is 8.60. The molecule has 0 aromatic carbocycles. The molecule has 0 aliphatic carbocycles. The van der Waals surface area contributed by atoms with E-state index >= 15 is 0 Å². The molecule has 372 valence electrons. The Labute approximate surface area is 397 Å². The third-order valence-corrected chi connectivity index (χ3v) is 8.60. The first-order valence-electron chi connectivity index (χ1n) is 23.1. The molecule has 5 aromatic heterocycles. The lowest BCUT2D eigenvalue weighted by Gasteiger charge is -1.99. The van der Waals surface area contributed by atoms with E-state index in [1.54, 1.807) is 80.8 Å². The monoisotopic (exact) mass is 937 g/mol. The average Bonchev–Trinajstić information content (AvgIpc) is 4.17. The van der Waals surface area contributed by atoms with Gasteiger partial charge in [0.25, 0.3) is 0 Å². The van der Waals surface area contributed by atoms with Crippen molar-refractivity contribution < 1.29 is 65.1 Å². The number of rotatable bonds is 21. The molecule has 5 heterocycles. The summed E-state index contributed by atoms with van der Waals surface area (Å²) in [7, 11) is 0. The zero-order chi connectivity index (χ0) is 50.7. The van der Waals surface area contributed by atoms with Crippen LogP contribution in [0.4, 0.5) is 0 Å². The molecule has 67 heavy (non-hydrogen) atoms. The Kier molecular flexibility index (Phi) is 39.7. The summed E-state index contributed by atoms with van der Waals surface area (Å²) in [6, 6.07) is 16.9. The predicted molar refractivity (Wildman–Crippen MR) is 257 cm³/mol. The number of furan rings is 5. The summed E-state index contributed by atoms with van der Waals surface area (Å²) in [5.41, 5.74) is 0. The highest BCUT2D eigenvalue weighted by Gasteiger charge is 2.12. The lowest BCUT2D eigenvalue weighted by atomic mass is 10.1. The van der Waals surface area contributed by atoms with Crippen LogP contribution in [0, 0.1) is 5.92 Å². The number of ketones is 5. The fourth-order valence-corrected chi connectivity index (χ4v) is 4.89. The molecule has 0 bridgehead atoms. The molecule has 0 saturated carbocycles. The van der Waals surface area contributed by atoms with Crippen LogP contribution in [0.15, 0.2) is 114 Å². The van der Waals surface area contributed by atoms with Crippen LogP contribution >= 0.6 is 0 Å². The van der Waals surface area contributed by atoms with Crippen molar-refractivity contribution >= 4 is 40.9 Å². The molecule has 0 radical (unpaired) electrons. The van der Waals surface area contributed by atoms with Crippen LogP contribution in [-0.4, -0.2) is 47.5 Å². The van der Waals surface area contributed by atoms with Crippen molar-refractivity contribution in [1.82, 2.24) is 0 Å². The summed E-state index contributed by atoms with van der Waals surface area (Å²) in [6.07, 6.45) is 21.6. The molecule has 0 unspecified atom stereocenters. The summed E-state index contributed by atoms with van der Waals surface area (Å²) < 4.78 is 33.5. The molecular weight excluding hydrogens is 861 g/mol. The maximum absolute atomic E-state index is 11.1. The quantitative estimate of drug-likeness (QED) is 0.0381. The number of hydrogen-bond acceptors (Lipinski definition) is 14. The van der Waals surface area contributed by atoms with Gasteiger partial charge in [-0.1, -0.05) is 86.5 Å². The van der Waals surface area contributed by atoms with Crippen LogP contribution in [-0.2, 0) is 30.5 Å². The van der Waals surface area contributed by atoms with Crippen LogP contribution in [0.1, 0.15) is 201 Å². The Morgan fingerprint density at radius 2 is 0.970 bits per heavy atom. The Morgan fingerprint density at radius 3 is 1.33 bits per heavy atom. The minimum absolute atomic E-state index is 0.0196. The van der Waals surface area contributed by atoms with Crippen LogP contribution in [0.5, 0.6) is 0 Å². The lowest BCUT2D eigenvalue weighted by molar-refractivity contribution is -0.142. The lowest BCUT2D eigenvalue weighted by Crippen LogP contribution is -2.05. The maximum atomic E-state index is 11.1. The Hall–Kier alpha value is -6.31. The van der Waals surface area contributed by atoms with E-state index in [-0.39, 0.29) is 41.6 Å². The zero-order valence-corrected chi connectivity index (χ0v) is 41.6. The number of unbranched alkanes of at least 4 members (excludes halogenated alkanes) is 7. The van der Waals surface area contributed by atoms with Crippen LogP contribution in [0.25, 0.3) is 0 Å². The third kappa shape index (κ3) is 36.6. The molecule has 0 atom stereocenters. The van der Waals surface area contributed by atoms with Gasteiger partial charge in [-0.05, 0) is 87.4 Å². The van der Waals surface area contributed by atoms with E-state index in [1.807, 2.05) is 34.6 Å². The van der Waals surface area contributed by atoms with E-state index < -0.39 is 5.97 Å². The Balaban J connectivity index is 0. The number of carbonyl (C=O) groups excluding carboxylic acids is 7. The number of hydrogen-bond donors (Lipinski definition) is 0. The van der Waals surface area contributed by atoms with Crippen molar-refractivity contribution in [3.8, 4) is 0 Å². The largest absolute Gasteiger partial charge is 0.466 e. The van der Waals surface area contributed by atoms with E-state index in [4.69, 9.17) is 22.1 Å². The van der Waals surface area contributed by atoms with Gasteiger partial charge in [0, 0.05) is 45.4 Å². The van der Waals surface area contributed by atoms with Crippen molar-refractivity contribution in [2.24, 2.45) is 5.92 Å². The second-order valence-corrected chi connectivity index (χ2v) is 14.9. The number of Topliss-reactive ketones (excluding diaryl/α,β-unsaturated/α-hetero) is 5. The predicted octanol–water partition coefficient (Wildman–Crippen LogP) is 14.1. The van der Waals surface area contributed by atoms with Gasteiger partial charge >= 0.3 is 11.9 Å². The number of carbonyl (C=O) groups is 7. The first kappa shape index (κ1) is 62.8. The van der Waals surface area contributed by atoms with Crippen molar-refractivity contribution in [1.29, 1.82) is 0 Å². The fourth-order valence-electron chi connectivity index (χ4n) is 4.89. The fraction of sp³-hybridized carbons (Fsp3) is 0.491. The Morgan fingerprint density at radius 1 is 0.507 bits per heavy atom. The molecule has 14 nitrogen and oxygen atoms in total. The minimum atomic E-state index is -0.410. The Bertz CT molecular complexity index is 1880. The average molecular weight is 937 g/mol. The van der Waals surface area contributed by atoms with Gasteiger partial charge in [0.2, 0.25) is 5.76 Å². The van der Waals surface area contributed by atoms with Gasteiger partial charge in [-0.25, -0.2) is 4.79 Å². The van der Waals surface area contributed by atoms with Crippen molar-refractivity contribution in [3.63, 3.8) is 0 Å². The van der Waals surface area contributed by atoms with E-state index in [2.05, 4.69) is 16.4 Å². The highest BCUT2D eigenvalue weighted by Crippen LogP contribution is 2.10. The van der Waals surface area contributed by atoms with Gasteiger partial charge in [-0.3, -0.25) is 24.0 Å². The van der Waals surface area contributed by atoms with Gasteiger partial charge in [0.05, 0.1) is 37.9 Å². The van der Waals surface area contributed by atoms with Gasteiger partial charge in [0.15, 0.2) is 34.6 Å². The van der Waals surface area contributed by atoms with Crippen LogP contribution in [0.2, 0.25) is 0 Å². The molecule has 0 fully saturated rings. The zero-order valence-electron chi connectivity index (χ0n) is 41.6. The first-order chi connectivity index (χ1) is 32.1. The van der Waals surface area contributed by atoms with Crippen LogP contribution < -0.4 is 0 Å². The molecule has 0 aliphatic heterocycles. The maximum Gasteiger partial charge on any atom is 0.374 e. The first-order valence-corrected chi connectivity index (χ1v) is 23.1. The summed E-state index contributed by atoms with van der Waals surface area (Å²) in [5, 5.41) is 0. The highest BCUT2D eigenvalue weighted by atomic mass is 16.5. The summed E-state index contributed by atoms with van der Waals surface area (Å²) in [5.74, 6) is 2.38. The molecule has 5 aromatic rings. The second-order valence-electron chi connectivity index (χ2n) is 14.9. The smallest absolute Gasteiger partial charge is 0.374 e. The molecule has 5 rings (SSSR count). The van der Waals surface area contributed by atoms with Gasteiger partial charge in [0.1, 0.15) is 23.9 Å². The van der Waals surface area contributed by atoms with Gasteiger partial charge in [-0.15, -0.1) is 0 Å². The molecule has 0 N–H and O–H groups in total. The topological polar surface area (TPSA) is 204 Å².